The molecule has 0 atom stereocenters. The van der Waals surface area contributed by atoms with Crippen LogP contribution >= 0.6 is 11.3 Å². The molecule has 3 aromatic carbocycles. The molecule has 2 N–H and O–H groups in total. The highest BCUT2D eigenvalue weighted by Crippen LogP contribution is 2.37. The number of rotatable bonds is 3. The fraction of sp³-hybridized carbons (Fsp3) is 0. The lowest BCUT2D eigenvalue weighted by Crippen LogP contribution is -2.11. The van der Waals surface area contributed by atoms with Gasteiger partial charge in [0, 0.05) is 5.56 Å². The fourth-order valence-corrected chi connectivity index (χ4v) is 4.72. The van der Waals surface area contributed by atoms with Crippen LogP contribution in [0.4, 0.5) is 10.1 Å². The van der Waals surface area contributed by atoms with Gasteiger partial charge in [-0.25, -0.2) is 9.37 Å². The standard InChI is InChI=1S/C26H17FN2OS/c27-19-13-11-16(12-14-19)20-15-21(17-7-3-1-4-8-17)29-26-22(20)24(30)23(28)25(31-26)18-9-5-2-6-10-18/h1-15H,28H2. The maximum absolute atomic E-state index is 13.6. The molecule has 150 valence electrons. The van der Waals surface area contributed by atoms with Gasteiger partial charge in [-0.3, -0.25) is 4.79 Å². The first kappa shape index (κ1) is 19.2. The van der Waals surface area contributed by atoms with Gasteiger partial charge in [0.25, 0.3) is 0 Å². The Morgan fingerprint density at radius 2 is 1.39 bits per heavy atom. The Kier molecular flexibility index (Phi) is 4.81. The van der Waals surface area contributed by atoms with E-state index in [9.17, 15) is 9.18 Å². The molecule has 0 fully saturated rings. The van der Waals surface area contributed by atoms with Crippen LogP contribution in [0.2, 0.25) is 0 Å². The Morgan fingerprint density at radius 3 is 2.03 bits per heavy atom. The molecule has 2 aromatic heterocycles. The molecule has 0 radical (unpaired) electrons. The second kappa shape index (κ2) is 7.78. The van der Waals surface area contributed by atoms with E-state index in [0.717, 1.165) is 22.4 Å². The van der Waals surface area contributed by atoms with Crippen molar-refractivity contribution < 1.29 is 4.39 Å². The number of hydrogen-bond acceptors (Lipinski definition) is 4. The van der Waals surface area contributed by atoms with Crippen molar-refractivity contribution in [2.75, 3.05) is 5.73 Å². The smallest absolute Gasteiger partial charge is 0.213 e. The number of nitrogen functional groups attached to an aromatic ring is 1. The van der Waals surface area contributed by atoms with Crippen molar-refractivity contribution >= 4 is 27.2 Å². The molecule has 0 spiro atoms. The summed E-state index contributed by atoms with van der Waals surface area (Å²) in [5.74, 6) is -0.332. The molecule has 3 nitrogen and oxygen atoms in total. The summed E-state index contributed by atoms with van der Waals surface area (Å²) in [5.41, 5.74) is 10.2. The lowest BCUT2D eigenvalue weighted by Gasteiger charge is -2.12. The zero-order valence-electron chi connectivity index (χ0n) is 16.4. The number of benzene rings is 3. The van der Waals surface area contributed by atoms with Crippen LogP contribution in [0.5, 0.6) is 0 Å². The molecule has 0 aliphatic rings. The maximum Gasteiger partial charge on any atom is 0.213 e. The highest BCUT2D eigenvalue weighted by Gasteiger charge is 2.18. The third-order valence-corrected chi connectivity index (χ3v) is 6.31. The number of halogens is 1. The number of aromatic nitrogens is 1. The SMILES string of the molecule is Nc1c(-c2ccccc2)sc2nc(-c3ccccc3)cc(-c3ccc(F)cc3)c2c1=O. The van der Waals surface area contributed by atoms with Crippen LogP contribution in [0.15, 0.2) is 95.8 Å². The lowest BCUT2D eigenvalue weighted by molar-refractivity contribution is 0.628. The second-order valence-electron chi connectivity index (χ2n) is 7.15. The van der Waals surface area contributed by atoms with Crippen molar-refractivity contribution in [1.29, 1.82) is 0 Å². The minimum Gasteiger partial charge on any atom is -0.394 e. The first-order valence-corrected chi connectivity index (χ1v) is 10.6. The summed E-state index contributed by atoms with van der Waals surface area (Å²) >= 11 is 1.39. The molecule has 0 saturated heterocycles. The summed E-state index contributed by atoms with van der Waals surface area (Å²) in [5, 5.41) is 0.452. The highest BCUT2D eigenvalue weighted by molar-refractivity contribution is 7.21. The van der Waals surface area contributed by atoms with Gasteiger partial charge in [0.15, 0.2) is 0 Å². The first-order chi connectivity index (χ1) is 15.1. The van der Waals surface area contributed by atoms with Crippen LogP contribution in [0.25, 0.3) is 43.0 Å². The minimum absolute atomic E-state index is 0.196. The van der Waals surface area contributed by atoms with E-state index in [1.165, 1.54) is 23.5 Å². The topological polar surface area (TPSA) is 56.0 Å². The molecule has 5 rings (SSSR count). The molecule has 0 aliphatic heterocycles. The summed E-state index contributed by atoms with van der Waals surface area (Å²) in [7, 11) is 0. The Morgan fingerprint density at radius 1 is 0.774 bits per heavy atom. The minimum atomic E-state index is -0.332. The van der Waals surface area contributed by atoms with Crippen LogP contribution in [0.1, 0.15) is 0 Å². The Balaban J connectivity index is 1.87. The van der Waals surface area contributed by atoms with Crippen molar-refractivity contribution in [1.82, 2.24) is 4.98 Å². The normalized spacial score (nSPS) is 11.0. The van der Waals surface area contributed by atoms with Gasteiger partial charge in [0.1, 0.15) is 10.6 Å². The van der Waals surface area contributed by atoms with E-state index >= 15 is 0 Å². The number of nitrogens with zero attached hydrogens (tertiary/aromatic N) is 1. The van der Waals surface area contributed by atoms with Gasteiger partial charge in [0.05, 0.1) is 21.6 Å². The van der Waals surface area contributed by atoms with Gasteiger partial charge in [-0.05, 0) is 34.9 Å². The van der Waals surface area contributed by atoms with Gasteiger partial charge >= 0.3 is 0 Å². The van der Waals surface area contributed by atoms with E-state index in [1.807, 2.05) is 66.7 Å². The van der Waals surface area contributed by atoms with Crippen LogP contribution in [0.3, 0.4) is 0 Å². The first-order valence-electron chi connectivity index (χ1n) is 9.76. The molecule has 0 aliphatic carbocycles. The van der Waals surface area contributed by atoms with Gasteiger partial charge in [-0.15, -0.1) is 11.3 Å². The largest absolute Gasteiger partial charge is 0.394 e. The average molecular weight is 425 g/mol. The van der Waals surface area contributed by atoms with Crippen molar-refractivity contribution in [2.24, 2.45) is 0 Å². The molecule has 0 unspecified atom stereocenters. The predicted molar refractivity (Wildman–Crippen MR) is 127 cm³/mol. The lowest BCUT2D eigenvalue weighted by atomic mass is 9.99. The van der Waals surface area contributed by atoms with E-state index in [0.29, 0.717) is 20.7 Å². The monoisotopic (exact) mass is 424 g/mol. The summed E-state index contributed by atoms with van der Waals surface area (Å²) in [6, 6.07) is 27.4. The Labute approximate surface area is 182 Å². The van der Waals surface area contributed by atoms with Crippen molar-refractivity contribution in [3.8, 4) is 32.8 Å². The number of nitrogens with two attached hydrogens (primary N) is 1. The van der Waals surface area contributed by atoms with E-state index in [2.05, 4.69) is 0 Å². The van der Waals surface area contributed by atoms with Crippen LogP contribution in [-0.2, 0) is 0 Å². The molecule has 0 bridgehead atoms. The summed E-state index contributed by atoms with van der Waals surface area (Å²) in [6.45, 7) is 0. The van der Waals surface area contributed by atoms with Crippen LogP contribution in [-0.4, -0.2) is 4.98 Å². The zero-order chi connectivity index (χ0) is 21.4. The van der Waals surface area contributed by atoms with Gasteiger partial charge in [-0.1, -0.05) is 72.8 Å². The molecular weight excluding hydrogens is 407 g/mol. The maximum atomic E-state index is 13.6. The van der Waals surface area contributed by atoms with Crippen LogP contribution < -0.4 is 11.2 Å². The zero-order valence-corrected chi connectivity index (χ0v) is 17.2. The average Bonchev–Trinajstić information content (AvgIpc) is 2.82. The third-order valence-electron chi connectivity index (χ3n) is 5.16. The number of anilines is 1. The van der Waals surface area contributed by atoms with Crippen molar-refractivity contribution in [2.45, 2.75) is 0 Å². The number of pyridine rings is 1. The fourth-order valence-electron chi connectivity index (χ4n) is 3.62. The summed E-state index contributed by atoms with van der Waals surface area (Å²) in [4.78, 5) is 19.5. The predicted octanol–water partition coefficient (Wildman–Crippen LogP) is 6.38. The number of hydrogen-bond donors (Lipinski definition) is 1. The van der Waals surface area contributed by atoms with E-state index in [-0.39, 0.29) is 16.9 Å². The molecule has 0 amide bonds. The van der Waals surface area contributed by atoms with Gasteiger partial charge in [-0.2, -0.15) is 0 Å². The van der Waals surface area contributed by atoms with Gasteiger partial charge < -0.3 is 5.73 Å². The molecule has 5 aromatic rings. The van der Waals surface area contributed by atoms with E-state index < -0.39 is 0 Å². The molecule has 2 heterocycles. The van der Waals surface area contributed by atoms with Crippen LogP contribution in [0, 0.1) is 5.82 Å². The van der Waals surface area contributed by atoms with Crippen molar-refractivity contribution in [3.05, 3.63) is 107 Å². The number of fused-ring (bicyclic) bond motifs is 1. The van der Waals surface area contributed by atoms with Crippen molar-refractivity contribution in [3.63, 3.8) is 0 Å². The second-order valence-corrected chi connectivity index (χ2v) is 8.15. The molecule has 31 heavy (non-hydrogen) atoms. The third kappa shape index (κ3) is 3.49. The quantitative estimate of drug-likeness (QED) is 0.366. The molecular formula is C26H17FN2OS. The highest BCUT2D eigenvalue weighted by atomic mass is 32.1. The van der Waals surface area contributed by atoms with E-state index in [4.69, 9.17) is 10.7 Å². The molecule has 5 heteroatoms. The Hall–Kier alpha value is -3.83. The molecule has 0 saturated carbocycles. The Bertz CT molecular complexity index is 1450. The summed E-state index contributed by atoms with van der Waals surface area (Å²) in [6.07, 6.45) is 0. The summed E-state index contributed by atoms with van der Waals surface area (Å²) < 4.78 is 13.6. The van der Waals surface area contributed by atoms with E-state index in [1.54, 1.807) is 12.1 Å². The van der Waals surface area contributed by atoms with Gasteiger partial charge in [0.2, 0.25) is 5.43 Å².